The zero-order chi connectivity index (χ0) is 13.8. The van der Waals surface area contributed by atoms with Crippen LogP contribution < -0.4 is 5.32 Å². The normalized spacial score (nSPS) is 26.2. The van der Waals surface area contributed by atoms with Gasteiger partial charge >= 0.3 is 15.2 Å². The Balaban J connectivity index is 2.68. The van der Waals surface area contributed by atoms with Gasteiger partial charge in [0.25, 0.3) is 0 Å². The van der Waals surface area contributed by atoms with E-state index in [1.54, 1.807) is 0 Å². The van der Waals surface area contributed by atoms with Crippen LogP contribution in [-0.2, 0) is 9.13 Å². The van der Waals surface area contributed by atoms with E-state index in [1.165, 1.54) is 18.2 Å². The summed E-state index contributed by atoms with van der Waals surface area (Å²) >= 11 is 4.09. The lowest BCUT2D eigenvalue weighted by molar-refractivity contribution is 0.331. The number of nitrogens with one attached hydrogen (secondary N) is 1. The summed E-state index contributed by atoms with van der Waals surface area (Å²) in [5.74, 6) is 0. The highest BCUT2D eigenvalue weighted by Crippen LogP contribution is 2.74. The molecule has 100 valence electrons. The zero-order valence-electron chi connectivity index (χ0n) is 8.83. The van der Waals surface area contributed by atoms with E-state index in [2.05, 4.69) is 17.9 Å². The third-order valence-corrected chi connectivity index (χ3v) is 7.23. The second kappa shape index (κ2) is 4.08. The van der Waals surface area contributed by atoms with Crippen molar-refractivity contribution in [3.8, 4) is 0 Å². The summed E-state index contributed by atoms with van der Waals surface area (Å²) in [6.07, 6.45) is 4.85. The highest BCUT2D eigenvalue weighted by atomic mass is 32.1. The monoisotopic (exact) mass is 311 g/mol. The van der Waals surface area contributed by atoms with Gasteiger partial charge in [0, 0.05) is 11.3 Å². The molecule has 0 radical (unpaired) electrons. The molecule has 0 aromatic heterocycles. The van der Waals surface area contributed by atoms with E-state index >= 15 is 0 Å². The lowest BCUT2D eigenvalue weighted by Crippen LogP contribution is -2.31. The average molecular weight is 311 g/mol. The Morgan fingerprint density at radius 1 is 1.17 bits per heavy atom. The first-order chi connectivity index (χ1) is 8.09. The topological polar surface area (TPSA) is 127 Å². The van der Waals surface area contributed by atoms with E-state index in [9.17, 15) is 28.7 Å². The van der Waals surface area contributed by atoms with Gasteiger partial charge in [-0.3, -0.25) is 9.13 Å². The molecule has 0 fully saturated rings. The Morgan fingerprint density at radius 2 is 1.72 bits per heavy atom. The lowest BCUT2D eigenvalue weighted by atomic mass is 10.1. The van der Waals surface area contributed by atoms with Gasteiger partial charge in [0.2, 0.25) is 4.90 Å². The van der Waals surface area contributed by atoms with Crippen molar-refractivity contribution in [1.82, 2.24) is 5.32 Å². The molecule has 0 saturated carbocycles. The maximum absolute atomic E-state index is 11.6. The van der Waals surface area contributed by atoms with Crippen molar-refractivity contribution in [3.63, 3.8) is 0 Å². The Hall–Kier alpha value is -0.330. The van der Waals surface area contributed by atoms with Crippen molar-refractivity contribution in [2.45, 2.75) is 10.3 Å². The molecule has 1 atom stereocenters. The van der Waals surface area contributed by atoms with E-state index < -0.39 is 20.1 Å². The van der Waals surface area contributed by atoms with Crippen LogP contribution in [0.5, 0.6) is 0 Å². The second-order valence-electron chi connectivity index (χ2n) is 3.92. The van der Waals surface area contributed by atoms with Crippen molar-refractivity contribution in [1.29, 1.82) is 0 Å². The average Bonchev–Trinajstić information content (AvgIpc) is 2.54. The van der Waals surface area contributed by atoms with Crippen LogP contribution in [0.25, 0.3) is 0 Å². The van der Waals surface area contributed by atoms with Gasteiger partial charge in [0.1, 0.15) is 0 Å². The molecule has 1 aliphatic carbocycles. The molecule has 7 nitrogen and oxygen atoms in total. The van der Waals surface area contributed by atoms with Crippen molar-refractivity contribution in [2.75, 3.05) is 0 Å². The number of hydrogen-bond acceptors (Lipinski definition) is 4. The number of allylic oxidation sites excluding steroid dienone is 4. The highest BCUT2D eigenvalue weighted by Gasteiger charge is 2.63. The van der Waals surface area contributed by atoms with Crippen LogP contribution in [-0.4, -0.2) is 29.8 Å². The van der Waals surface area contributed by atoms with Gasteiger partial charge in [-0.25, -0.2) is 0 Å². The molecule has 1 unspecified atom stereocenters. The third kappa shape index (κ3) is 1.85. The first kappa shape index (κ1) is 14.1. The number of dihydropyridines is 1. The molecular weight excluding hydrogens is 300 g/mol. The predicted octanol–water partition coefficient (Wildman–Crippen LogP) is 0.277. The van der Waals surface area contributed by atoms with Crippen molar-refractivity contribution in [2.24, 2.45) is 0 Å². The molecular formula is C8H11NO6P2S. The molecule has 0 aromatic rings. The van der Waals surface area contributed by atoms with Crippen LogP contribution in [0.3, 0.4) is 0 Å². The summed E-state index contributed by atoms with van der Waals surface area (Å²) in [4.78, 5) is 34.8. The van der Waals surface area contributed by atoms with Gasteiger partial charge in [0.15, 0.2) is 0 Å². The van der Waals surface area contributed by atoms with Crippen molar-refractivity contribution < 1.29 is 28.7 Å². The fourth-order valence-corrected chi connectivity index (χ4v) is 5.13. The molecule has 0 spiro atoms. The predicted molar refractivity (Wildman–Crippen MR) is 68.0 cm³/mol. The van der Waals surface area contributed by atoms with Gasteiger partial charge in [-0.2, -0.15) is 12.6 Å². The Morgan fingerprint density at radius 3 is 2.22 bits per heavy atom. The summed E-state index contributed by atoms with van der Waals surface area (Å²) in [7, 11) is -10.2. The van der Waals surface area contributed by atoms with E-state index in [0.29, 0.717) is 0 Å². The molecule has 5 N–H and O–H groups in total. The van der Waals surface area contributed by atoms with Gasteiger partial charge in [0.05, 0.1) is 5.37 Å². The molecule has 2 rings (SSSR count). The third-order valence-electron chi connectivity index (χ3n) is 2.81. The molecule has 0 saturated heterocycles. The summed E-state index contributed by atoms with van der Waals surface area (Å²) in [5, 5.41) is 2.38. The molecule has 0 amide bonds. The fraction of sp³-hybridized carbons (Fsp3) is 0.250. The minimum absolute atomic E-state index is 0.116. The van der Waals surface area contributed by atoms with Gasteiger partial charge < -0.3 is 24.9 Å². The summed E-state index contributed by atoms with van der Waals surface area (Å²) in [5.41, 5.74) is 0.138. The molecule has 2 aliphatic rings. The standard InChI is InChI=1S/C8H11NO6P2S/c10-16(11,12)8(17(13,14)15)4-3-6-5(8)1-2-7(18)9-6/h1-4,7,9,18H,(H2,10,11,12)(H2,13,14,15). The molecule has 1 heterocycles. The Labute approximate surface area is 108 Å². The molecule has 10 heteroatoms. The Kier molecular flexibility index (Phi) is 3.19. The first-order valence-corrected chi connectivity index (χ1v) is 8.52. The van der Waals surface area contributed by atoms with Crippen LogP contribution in [0, 0.1) is 0 Å². The van der Waals surface area contributed by atoms with Gasteiger partial charge in [-0.1, -0.05) is 12.2 Å². The van der Waals surface area contributed by atoms with Crippen LogP contribution in [0.15, 0.2) is 35.6 Å². The first-order valence-electron chi connectivity index (χ1n) is 4.78. The fourth-order valence-electron chi connectivity index (χ4n) is 1.99. The van der Waals surface area contributed by atoms with Crippen molar-refractivity contribution >= 4 is 27.8 Å². The number of hydrogen-bond donors (Lipinski definition) is 6. The zero-order valence-corrected chi connectivity index (χ0v) is 11.5. The Bertz CT molecular complexity index is 548. The largest absolute Gasteiger partial charge is 0.370 e. The van der Waals surface area contributed by atoms with Gasteiger partial charge in [-0.15, -0.1) is 0 Å². The maximum atomic E-state index is 11.6. The highest BCUT2D eigenvalue weighted by molar-refractivity contribution is 7.81. The van der Waals surface area contributed by atoms with Crippen LogP contribution in [0.2, 0.25) is 0 Å². The molecule has 18 heavy (non-hydrogen) atoms. The summed E-state index contributed by atoms with van der Waals surface area (Å²) in [6, 6.07) is 0. The molecule has 0 bridgehead atoms. The maximum Gasteiger partial charge on any atom is 0.352 e. The number of thiol groups is 1. The van der Waals surface area contributed by atoms with E-state index in [4.69, 9.17) is 0 Å². The van der Waals surface area contributed by atoms with E-state index in [0.717, 1.165) is 6.08 Å². The smallest absolute Gasteiger partial charge is 0.352 e. The second-order valence-corrected chi connectivity index (χ2v) is 8.42. The van der Waals surface area contributed by atoms with Crippen LogP contribution in [0.1, 0.15) is 0 Å². The number of rotatable bonds is 2. The minimum atomic E-state index is -5.10. The quantitative estimate of drug-likeness (QED) is 0.319. The summed E-state index contributed by atoms with van der Waals surface area (Å²) < 4.78 is 23.1. The van der Waals surface area contributed by atoms with Crippen LogP contribution in [0.4, 0.5) is 0 Å². The molecule has 1 aliphatic heterocycles. The van der Waals surface area contributed by atoms with Crippen molar-refractivity contribution in [3.05, 3.63) is 35.6 Å². The SMILES string of the molecule is O=P(O)(O)C1(P(=O)(O)O)C=CC2=C1C=CC(S)N2. The van der Waals surface area contributed by atoms with E-state index in [-0.39, 0.29) is 16.6 Å². The lowest BCUT2D eigenvalue weighted by Gasteiger charge is -2.32. The summed E-state index contributed by atoms with van der Waals surface area (Å²) in [6.45, 7) is 0. The van der Waals surface area contributed by atoms with E-state index in [1.807, 2.05) is 0 Å². The van der Waals surface area contributed by atoms with Crippen LogP contribution >= 0.6 is 27.8 Å². The minimum Gasteiger partial charge on any atom is -0.370 e. The molecule has 0 aromatic carbocycles. The van der Waals surface area contributed by atoms with Gasteiger partial charge in [-0.05, 0) is 12.2 Å².